The number of methoxy groups -OCH3 is 1. The maximum absolute atomic E-state index is 10.9. The number of fused-ring (bicyclic) bond motifs is 1. The number of aryl methyl sites for hydroxylation is 1. The number of aromatic hydroxyl groups is 1. The number of nitrogens with one attached hydrogen (secondary N) is 2. The summed E-state index contributed by atoms with van der Waals surface area (Å²) in [5.41, 5.74) is 3.08. The van der Waals surface area contributed by atoms with E-state index in [1.165, 1.54) is 19.3 Å². The Kier molecular flexibility index (Phi) is 11.6. The molecule has 4 N–H and O–H groups in total. The third-order valence-corrected chi connectivity index (χ3v) is 7.83. The van der Waals surface area contributed by atoms with Crippen molar-refractivity contribution in [2.24, 2.45) is 5.92 Å². The Morgan fingerprint density at radius 3 is 2.82 bits per heavy atom. The fourth-order valence-corrected chi connectivity index (χ4v) is 5.45. The predicted molar refractivity (Wildman–Crippen MR) is 153 cm³/mol. The average Bonchev–Trinajstić information content (AvgIpc) is 2.97. The number of aliphatic hydroxyl groups excluding tert-OH is 1. The van der Waals surface area contributed by atoms with Crippen LogP contribution in [-0.4, -0.2) is 55.1 Å². The Morgan fingerprint density at radius 2 is 2.00 bits per heavy atom. The molecule has 2 heterocycles. The number of rotatable bonds is 10. The molecule has 1 aromatic rings. The molecule has 1 aromatic carbocycles. The van der Waals surface area contributed by atoms with Crippen molar-refractivity contribution < 1.29 is 24.4 Å². The minimum Gasteiger partial charge on any atom is -0.504 e. The van der Waals surface area contributed by atoms with Crippen LogP contribution in [0.3, 0.4) is 0 Å². The maximum Gasteiger partial charge on any atom is 0.161 e. The monoisotopic (exact) mass is 538 g/mol. The van der Waals surface area contributed by atoms with Crippen molar-refractivity contribution in [3.63, 3.8) is 0 Å². The smallest absolute Gasteiger partial charge is 0.161 e. The number of ether oxygens (including phenoxy) is 3. The summed E-state index contributed by atoms with van der Waals surface area (Å²) in [7, 11) is 1.66. The Balaban J connectivity index is 1.31. The second kappa shape index (κ2) is 15.3. The molecule has 214 valence electrons. The summed E-state index contributed by atoms with van der Waals surface area (Å²) in [6.07, 6.45) is 14.3. The van der Waals surface area contributed by atoms with E-state index in [1.54, 1.807) is 13.2 Å². The molecular formula is C32H46N2O5. The summed E-state index contributed by atoms with van der Waals surface area (Å²) in [5.74, 6) is 7.83. The third-order valence-electron chi connectivity index (χ3n) is 7.83. The Labute approximate surface area is 234 Å². The first-order valence-corrected chi connectivity index (χ1v) is 14.7. The second-order valence-electron chi connectivity index (χ2n) is 11.2. The van der Waals surface area contributed by atoms with E-state index in [0.717, 1.165) is 55.2 Å². The van der Waals surface area contributed by atoms with E-state index in [4.69, 9.17) is 14.2 Å². The van der Waals surface area contributed by atoms with Crippen LogP contribution >= 0.6 is 0 Å². The van der Waals surface area contributed by atoms with Crippen LogP contribution in [0.15, 0.2) is 41.6 Å². The number of aliphatic hydroxyl groups is 1. The van der Waals surface area contributed by atoms with Gasteiger partial charge in [0.25, 0.3) is 0 Å². The van der Waals surface area contributed by atoms with Gasteiger partial charge in [0.1, 0.15) is 0 Å². The van der Waals surface area contributed by atoms with Gasteiger partial charge in [-0.25, -0.2) is 0 Å². The molecule has 4 unspecified atom stereocenters. The number of hydrogen-bond acceptors (Lipinski definition) is 7. The van der Waals surface area contributed by atoms with Crippen molar-refractivity contribution in [3.8, 4) is 23.3 Å². The lowest BCUT2D eigenvalue weighted by atomic mass is 9.97. The minimum absolute atomic E-state index is 0.0261. The van der Waals surface area contributed by atoms with E-state index in [0.29, 0.717) is 37.8 Å². The number of benzene rings is 1. The summed E-state index contributed by atoms with van der Waals surface area (Å²) in [6.45, 7) is 3.07. The quantitative estimate of drug-likeness (QED) is 0.248. The van der Waals surface area contributed by atoms with Crippen molar-refractivity contribution in [2.45, 2.75) is 102 Å². The van der Waals surface area contributed by atoms with Crippen LogP contribution in [0.4, 0.5) is 0 Å². The van der Waals surface area contributed by atoms with Gasteiger partial charge in [-0.2, -0.15) is 0 Å². The highest BCUT2D eigenvalue weighted by molar-refractivity contribution is 5.48. The zero-order valence-corrected chi connectivity index (χ0v) is 23.6. The first-order chi connectivity index (χ1) is 19.0. The molecule has 3 aliphatic rings. The van der Waals surface area contributed by atoms with Crippen molar-refractivity contribution in [1.29, 1.82) is 0 Å². The molecule has 0 aromatic heterocycles. The average molecular weight is 539 g/mol. The third kappa shape index (κ3) is 9.58. The predicted octanol–water partition coefficient (Wildman–Crippen LogP) is 4.93. The van der Waals surface area contributed by atoms with Gasteiger partial charge >= 0.3 is 0 Å². The molecule has 1 saturated carbocycles. The van der Waals surface area contributed by atoms with Crippen LogP contribution in [0, 0.1) is 17.8 Å². The lowest BCUT2D eigenvalue weighted by molar-refractivity contribution is 0.0166. The molecule has 4 atom stereocenters. The summed E-state index contributed by atoms with van der Waals surface area (Å²) < 4.78 is 17.6. The molecule has 1 fully saturated rings. The van der Waals surface area contributed by atoms with Crippen LogP contribution < -0.4 is 15.4 Å². The lowest BCUT2D eigenvalue weighted by Gasteiger charge is -2.25. The molecule has 0 spiro atoms. The molecule has 0 amide bonds. The maximum atomic E-state index is 10.9. The first-order valence-electron chi connectivity index (χ1n) is 14.7. The molecule has 0 radical (unpaired) electrons. The molecule has 7 heteroatoms. The van der Waals surface area contributed by atoms with Crippen LogP contribution in [0.2, 0.25) is 0 Å². The number of phenolic OH excluding ortho intramolecular Hbond substituents is 1. The molecule has 0 saturated heterocycles. The summed E-state index contributed by atoms with van der Waals surface area (Å²) >= 11 is 0. The van der Waals surface area contributed by atoms with Crippen molar-refractivity contribution in [1.82, 2.24) is 10.6 Å². The van der Waals surface area contributed by atoms with Gasteiger partial charge in [-0.15, -0.1) is 0 Å². The standard InChI is InChI=1S/C32H46N2O5/c1-23-7-6-10-29(38-21-26-20-33-32(34-22-37-2)18-25(26)14-11-23)19-27(35)15-12-24-13-16-30(36)31(17-24)39-28-8-4-3-5-9-28/h13,16-18,20,23,27-29,32-36H,3-10,12,15,19,21-22H2,1-2H3. The van der Waals surface area contributed by atoms with Crippen molar-refractivity contribution in [3.05, 3.63) is 47.2 Å². The highest BCUT2D eigenvalue weighted by Crippen LogP contribution is 2.32. The van der Waals surface area contributed by atoms with E-state index >= 15 is 0 Å². The van der Waals surface area contributed by atoms with Crippen molar-refractivity contribution >= 4 is 0 Å². The SMILES string of the molecule is COCNC1C=C2C#CC(C)CCCC(CC(O)CCc3ccc(O)c(OC4CCCCC4)c3)OCC2=CN1. The van der Waals surface area contributed by atoms with Gasteiger partial charge < -0.3 is 29.7 Å². The van der Waals surface area contributed by atoms with E-state index in [1.807, 2.05) is 18.3 Å². The number of hydrogen-bond donors (Lipinski definition) is 4. The van der Waals surface area contributed by atoms with Gasteiger partial charge in [0.2, 0.25) is 0 Å². The lowest BCUT2D eigenvalue weighted by Crippen LogP contribution is -2.41. The molecule has 4 rings (SSSR count). The van der Waals surface area contributed by atoms with E-state index in [2.05, 4.69) is 35.5 Å². The summed E-state index contributed by atoms with van der Waals surface area (Å²) in [4.78, 5) is 0. The first kappa shape index (κ1) is 29.5. The fraction of sp³-hybridized carbons (Fsp3) is 0.625. The van der Waals surface area contributed by atoms with Gasteiger partial charge in [-0.05, 0) is 88.0 Å². The van der Waals surface area contributed by atoms with Crippen molar-refractivity contribution in [2.75, 3.05) is 20.4 Å². The summed E-state index contributed by atoms with van der Waals surface area (Å²) in [5, 5.41) is 27.9. The van der Waals surface area contributed by atoms with E-state index in [9.17, 15) is 10.2 Å². The Hall–Kier alpha value is -2.50. The van der Waals surface area contributed by atoms with Crippen LogP contribution in [0.25, 0.3) is 0 Å². The zero-order valence-electron chi connectivity index (χ0n) is 23.6. The molecule has 1 aliphatic carbocycles. The molecule has 0 bridgehead atoms. The minimum atomic E-state index is -0.471. The molecule has 39 heavy (non-hydrogen) atoms. The molecule has 2 aliphatic heterocycles. The van der Waals surface area contributed by atoms with Crippen LogP contribution in [0.5, 0.6) is 11.5 Å². The topological polar surface area (TPSA) is 92.2 Å². The zero-order chi connectivity index (χ0) is 27.5. The van der Waals surface area contributed by atoms with Gasteiger partial charge in [-0.3, -0.25) is 5.32 Å². The fourth-order valence-electron chi connectivity index (χ4n) is 5.45. The van der Waals surface area contributed by atoms with Gasteiger partial charge in [0.15, 0.2) is 11.5 Å². The largest absolute Gasteiger partial charge is 0.504 e. The van der Waals surface area contributed by atoms with Gasteiger partial charge in [-0.1, -0.05) is 31.3 Å². The van der Waals surface area contributed by atoms with Gasteiger partial charge in [0.05, 0.1) is 37.8 Å². The van der Waals surface area contributed by atoms with Gasteiger partial charge in [0, 0.05) is 30.4 Å². The highest BCUT2D eigenvalue weighted by Gasteiger charge is 2.21. The molecule has 7 nitrogen and oxygen atoms in total. The van der Waals surface area contributed by atoms with E-state index in [-0.39, 0.29) is 24.1 Å². The van der Waals surface area contributed by atoms with Crippen LogP contribution in [0.1, 0.15) is 76.7 Å². The number of dihydropyridines is 1. The second-order valence-corrected chi connectivity index (χ2v) is 11.2. The number of phenols is 1. The Morgan fingerprint density at radius 1 is 1.15 bits per heavy atom. The van der Waals surface area contributed by atoms with E-state index < -0.39 is 6.10 Å². The normalized spacial score (nSPS) is 25.1. The Bertz CT molecular complexity index is 1040. The summed E-state index contributed by atoms with van der Waals surface area (Å²) in [6, 6.07) is 5.57. The van der Waals surface area contributed by atoms with Crippen LogP contribution in [-0.2, 0) is 15.9 Å². The molecular weight excluding hydrogens is 492 g/mol. The highest BCUT2D eigenvalue weighted by atomic mass is 16.5.